The topological polar surface area (TPSA) is 82.1 Å². The number of aromatic nitrogens is 4. The lowest BCUT2D eigenvalue weighted by Gasteiger charge is -2.44. The Morgan fingerprint density at radius 3 is 1.12 bits per heavy atom. The summed E-state index contributed by atoms with van der Waals surface area (Å²) >= 11 is 0. The fraction of sp³-hybridized carbons (Fsp3) is 0.294. The van der Waals surface area contributed by atoms with E-state index in [2.05, 4.69) is 200 Å². The van der Waals surface area contributed by atoms with E-state index in [1.165, 1.54) is 73.9 Å². The first-order valence-corrected chi connectivity index (χ1v) is 27.4. The highest BCUT2D eigenvalue weighted by Crippen LogP contribution is 2.21. The average Bonchev–Trinajstić information content (AvgIpc) is 3.47. The van der Waals surface area contributed by atoms with Crippen molar-refractivity contribution in [1.82, 2.24) is 40.4 Å². The van der Waals surface area contributed by atoms with Crippen molar-refractivity contribution in [1.29, 1.82) is 0 Å². The zero-order chi connectivity index (χ0) is 52.8. The molecule has 0 aliphatic carbocycles. The third kappa shape index (κ3) is 21.2. The second kappa shape index (κ2) is 32.3. The molecule has 4 heterocycles. The minimum Gasteiger partial charge on any atom is -0.314 e. The molecule has 8 nitrogen and oxygen atoms in total. The third-order valence-corrected chi connectivity index (χ3v) is 14.0. The summed E-state index contributed by atoms with van der Waals surface area (Å²) in [5.41, 5.74) is 11.7. The molecule has 392 valence electrons. The Kier molecular flexibility index (Phi) is 24.0. The van der Waals surface area contributed by atoms with E-state index in [1.54, 1.807) is 24.8 Å². The molecule has 2 saturated heterocycles. The predicted molar refractivity (Wildman–Crippen MR) is 320 cm³/mol. The van der Waals surface area contributed by atoms with Gasteiger partial charge in [0.25, 0.3) is 0 Å². The number of rotatable bonds is 16. The minimum absolute atomic E-state index is 0.592. The highest BCUT2D eigenvalue weighted by Gasteiger charge is 2.30. The number of nitrogens with zero attached hydrogens (tertiary/aromatic N) is 6. The molecule has 10 rings (SSSR count). The van der Waals surface area contributed by atoms with Gasteiger partial charge in [-0.15, -0.1) is 0 Å². The maximum Gasteiger partial charge on any atom is 0.0820 e. The van der Waals surface area contributed by atoms with Crippen LogP contribution in [0.3, 0.4) is 0 Å². The van der Waals surface area contributed by atoms with Gasteiger partial charge in [-0.3, -0.25) is 19.9 Å². The van der Waals surface area contributed by atoms with Crippen molar-refractivity contribution in [3.8, 4) is 0 Å². The summed E-state index contributed by atoms with van der Waals surface area (Å²) in [6.45, 7) is 8.42. The fourth-order valence-corrected chi connectivity index (χ4v) is 9.76. The fourth-order valence-electron chi connectivity index (χ4n) is 9.76. The molecule has 8 heteroatoms. The van der Waals surface area contributed by atoms with Crippen LogP contribution in [-0.4, -0.2) is 94.2 Å². The van der Waals surface area contributed by atoms with Crippen molar-refractivity contribution in [2.75, 3.05) is 40.3 Å². The van der Waals surface area contributed by atoms with Gasteiger partial charge < -0.3 is 15.5 Å². The van der Waals surface area contributed by atoms with E-state index in [9.17, 15) is 0 Å². The maximum absolute atomic E-state index is 4.57. The van der Waals surface area contributed by atoms with Gasteiger partial charge in [0.2, 0.25) is 0 Å². The van der Waals surface area contributed by atoms with E-state index in [-0.39, 0.29) is 0 Å². The smallest absolute Gasteiger partial charge is 0.0820 e. The summed E-state index contributed by atoms with van der Waals surface area (Å²) in [4.78, 5) is 22.0. The normalized spacial score (nSPS) is 17.6. The lowest BCUT2D eigenvalue weighted by atomic mass is 9.96. The summed E-state index contributed by atoms with van der Waals surface area (Å²) < 4.78 is 0. The summed E-state index contributed by atoms with van der Waals surface area (Å²) in [6, 6.07) is 66.2. The SMILES string of the molecule is C(=C\c1cncc(/C=C/c2ccccc2)n1)/c1ccccc1.CN1C[C@@H](CCc2ccccc2)N(C)[C@@H](CCc2ccccc2)C1.Cc1cncc(C)n1.c1ccc(CC[C@@H]2CNC[C@H](CCc3ccccc3)N2)cc1. The zero-order valence-electron chi connectivity index (χ0n) is 45.4. The largest absolute Gasteiger partial charge is 0.314 e. The van der Waals surface area contributed by atoms with E-state index >= 15 is 0 Å². The monoisotopic (exact) mass is 1010 g/mol. The number of likely N-dealkylation sites (N-methyl/N-ethyl adjacent to an activating group) is 2. The van der Waals surface area contributed by atoms with Crippen LogP contribution in [-0.2, 0) is 25.7 Å². The van der Waals surface area contributed by atoms with Crippen LogP contribution in [0.15, 0.2) is 207 Å². The third-order valence-electron chi connectivity index (χ3n) is 14.0. The van der Waals surface area contributed by atoms with Crippen molar-refractivity contribution in [3.05, 3.63) is 263 Å². The van der Waals surface area contributed by atoms with Crippen LogP contribution in [0.1, 0.15) is 81.8 Å². The Balaban J connectivity index is 0.000000154. The van der Waals surface area contributed by atoms with Gasteiger partial charge in [-0.2, -0.15) is 0 Å². The number of hydrogen-bond donors (Lipinski definition) is 2. The van der Waals surface area contributed by atoms with Crippen LogP contribution in [0.2, 0.25) is 0 Å². The van der Waals surface area contributed by atoms with E-state index in [0.717, 1.165) is 59.8 Å². The Bertz CT molecular complexity index is 2660. The zero-order valence-corrected chi connectivity index (χ0v) is 45.4. The molecule has 2 aromatic heterocycles. The molecule has 8 aromatic rings. The summed E-state index contributed by atoms with van der Waals surface area (Å²) in [5, 5.41) is 7.43. The molecule has 6 aromatic carbocycles. The maximum atomic E-state index is 4.57. The van der Waals surface area contributed by atoms with Gasteiger partial charge >= 0.3 is 0 Å². The van der Waals surface area contributed by atoms with E-state index in [4.69, 9.17) is 0 Å². The molecule has 76 heavy (non-hydrogen) atoms. The number of benzene rings is 6. The van der Waals surface area contributed by atoms with Crippen molar-refractivity contribution in [2.45, 2.75) is 89.4 Å². The van der Waals surface area contributed by atoms with Gasteiger partial charge in [-0.05, 0) is 125 Å². The molecule has 0 spiro atoms. The Hall–Kier alpha value is -7.20. The van der Waals surface area contributed by atoms with Crippen molar-refractivity contribution >= 4 is 24.3 Å². The summed E-state index contributed by atoms with van der Waals surface area (Å²) in [6.07, 6.45) is 24.6. The minimum atomic E-state index is 0.592. The molecule has 0 amide bonds. The number of hydrogen-bond acceptors (Lipinski definition) is 8. The molecule has 2 fully saturated rings. The van der Waals surface area contributed by atoms with Gasteiger partial charge in [0.05, 0.1) is 35.2 Å². The number of piperazine rings is 2. The van der Waals surface area contributed by atoms with E-state index in [1.807, 2.05) is 74.5 Å². The van der Waals surface area contributed by atoms with Gasteiger partial charge in [-0.1, -0.05) is 194 Å². The van der Waals surface area contributed by atoms with Gasteiger partial charge in [0.15, 0.2) is 0 Å². The Morgan fingerprint density at radius 2 is 0.763 bits per heavy atom. The van der Waals surface area contributed by atoms with Crippen LogP contribution in [0.4, 0.5) is 0 Å². The van der Waals surface area contributed by atoms with Crippen LogP contribution < -0.4 is 10.6 Å². The lowest BCUT2D eigenvalue weighted by Crippen LogP contribution is -2.56. The van der Waals surface area contributed by atoms with E-state index in [0.29, 0.717) is 24.2 Å². The molecular formula is C68H80N8. The molecule has 0 bridgehead atoms. The first-order chi connectivity index (χ1) is 37.3. The molecule has 4 atom stereocenters. The van der Waals surface area contributed by atoms with Crippen LogP contribution in [0, 0.1) is 13.8 Å². The predicted octanol–water partition coefficient (Wildman–Crippen LogP) is 13.0. The quantitative estimate of drug-likeness (QED) is 0.0991. The lowest BCUT2D eigenvalue weighted by molar-refractivity contribution is 0.0495. The molecule has 2 aliphatic rings. The van der Waals surface area contributed by atoms with Gasteiger partial charge in [0.1, 0.15) is 0 Å². The summed E-state index contributed by atoms with van der Waals surface area (Å²) in [5.74, 6) is 0. The van der Waals surface area contributed by atoms with Crippen LogP contribution >= 0.6 is 0 Å². The molecule has 0 radical (unpaired) electrons. The molecule has 2 aliphatic heterocycles. The van der Waals surface area contributed by atoms with Crippen molar-refractivity contribution in [2.24, 2.45) is 0 Å². The number of aryl methyl sites for hydroxylation is 6. The Labute approximate surface area is 455 Å². The first kappa shape index (κ1) is 56.5. The molecular weight excluding hydrogens is 929 g/mol. The van der Waals surface area contributed by atoms with Gasteiger partial charge in [0, 0.05) is 62.7 Å². The highest BCUT2D eigenvalue weighted by atomic mass is 15.3. The highest BCUT2D eigenvalue weighted by molar-refractivity contribution is 5.70. The molecule has 2 N–H and O–H groups in total. The number of nitrogens with one attached hydrogen (secondary N) is 2. The van der Waals surface area contributed by atoms with Gasteiger partial charge in [-0.25, -0.2) is 4.98 Å². The van der Waals surface area contributed by atoms with Crippen LogP contribution in [0.5, 0.6) is 0 Å². The van der Waals surface area contributed by atoms with Crippen molar-refractivity contribution in [3.63, 3.8) is 0 Å². The second-order valence-corrected chi connectivity index (χ2v) is 20.2. The molecule has 0 saturated carbocycles. The average molecular weight is 1010 g/mol. The Morgan fingerprint density at radius 1 is 0.421 bits per heavy atom. The standard InChI is InChI=1S/C22H30N2.C20H26N2.C20H16N2.C6H8N2/c1-23-17-21(15-13-19-9-5-3-6-10-19)24(2)22(18-23)16-14-20-11-7-4-8-12-20;2*1-3-7-17(8-4-1)11-13-19-15-21-16-20(22-19)14-12-18-9-5-2-6-10-18;1-5-3-7-4-6(2)8-5/h3-12,21-22H,13-18H2,1-2H3;1-10,19-22H,11-16H2;1-16H;3-4H,1-2H3/b;;13-11+,14-12+;/t21-,22+;19-,20+;;. The second-order valence-electron chi connectivity index (χ2n) is 20.2. The van der Waals surface area contributed by atoms with Crippen molar-refractivity contribution < 1.29 is 0 Å². The first-order valence-electron chi connectivity index (χ1n) is 27.4. The van der Waals surface area contributed by atoms with E-state index < -0.39 is 0 Å². The summed E-state index contributed by atoms with van der Waals surface area (Å²) in [7, 11) is 4.61. The molecule has 0 unspecified atom stereocenters. The van der Waals surface area contributed by atoms with Crippen LogP contribution in [0.25, 0.3) is 24.3 Å².